The maximum atomic E-state index is 16.8. The summed E-state index contributed by atoms with van der Waals surface area (Å²) in [6, 6.07) is 14.2. The summed E-state index contributed by atoms with van der Waals surface area (Å²) in [7, 11) is 0. The minimum atomic E-state index is -1.07. The van der Waals surface area contributed by atoms with Crippen LogP contribution in [0.1, 0.15) is 25.7 Å². The molecule has 1 atom stereocenters. The molecule has 7 rings (SSSR count). The van der Waals surface area contributed by atoms with Crippen LogP contribution in [0.4, 0.5) is 14.6 Å². The van der Waals surface area contributed by atoms with Crippen molar-refractivity contribution >= 4 is 45.0 Å². The number of amides is 1. The average Bonchev–Trinajstić information content (AvgIpc) is 3.64. The predicted octanol–water partition coefficient (Wildman–Crippen LogP) is 6.92. The molecule has 8 nitrogen and oxygen atoms in total. The first-order valence-electron chi connectivity index (χ1n) is 16.0. The van der Waals surface area contributed by atoms with Crippen molar-refractivity contribution in [1.82, 2.24) is 19.8 Å². The Hall–Kier alpha value is -4.33. The van der Waals surface area contributed by atoms with Crippen molar-refractivity contribution in [2.45, 2.75) is 31.7 Å². The number of likely N-dealkylation sites (tertiary alicyclic amines) is 1. The standard InChI is InChI=1S/C36H35ClF2N6O2/c1-23(38)34(46)45-18-17-44(20-25(45)19-40-2)33-28-12-11-27(26-9-5-7-24-8-6-10-29(37)30(24)26)31(39)32(28)41-35(42-33)47-22-36(13-14-36)21-43-15-3-4-16-43/h5-12,25H,1,3-4,13-22H2/t25-/m0/s1. The van der Waals surface area contributed by atoms with Gasteiger partial charge in [-0.15, -0.1) is 0 Å². The van der Waals surface area contributed by atoms with Gasteiger partial charge in [-0.1, -0.05) is 54.6 Å². The number of hydrogen-bond acceptors (Lipinski definition) is 6. The molecule has 3 fully saturated rings. The number of hydrogen-bond donors (Lipinski definition) is 0. The van der Waals surface area contributed by atoms with Gasteiger partial charge in [-0.3, -0.25) is 4.79 Å². The highest BCUT2D eigenvalue weighted by atomic mass is 35.5. The maximum Gasteiger partial charge on any atom is 0.319 e. The van der Waals surface area contributed by atoms with E-state index in [9.17, 15) is 9.18 Å². The summed E-state index contributed by atoms with van der Waals surface area (Å²) in [4.78, 5) is 31.2. The lowest BCUT2D eigenvalue weighted by Gasteiger charge is -2.39. The summed E-state index contributed by atoms with van der Waals surface area (Å²) < 4.78 is 37.0. The van der Waals surface area contributed by atoms with Crippen LogP contribution in [0.25, 0.3) is 37.6 Å². The molecule has 0 bridgehead atoms. The molecule has 1 aromatic heterocycles. The van der Waals surface area contributed by atoms with E-state index in [1.165, 1.54) is 17.7 Å². The van der Waals surface area contributed by atoms with E-state index in [2.05, 4.69) is 21.3 Å². The normalized spacial score (nSPS) is 19.2. The van der Waals surface area contributed by atoms with Gasteiger partial charge in [0.1, 0.15) is 17.4 Å². The highest BCUT2D eigenvalue weighted by Gasteiger charge is 2.45. The van der Waals surface area contributed by atoms with Crippen LogP contribution in [-0.4, -0.2) is 84.1 Å². The molecule has 242 valence electrons. The molecule has 47 heavy (non-hydrogen) atoms. The largest absolute Gasteiger partial charge is 0.463 e. The number of anilines is 1. The molecule has 1 saturated carbocycles. The number of carbonyl (C=O) groups excluding carboxylic acids is 1. The van der Waals surface area contributed by atoms with Gasteiger partial charge in [-0.2, -0.15) is 9.97 Å². The summed E-state index contributed by atoms with van der Waals surface area (Å²) in [6.07, 6.45) is 4.53. The molecule has 11 heteroatoms. The maximum absolute atomic E-state index is 16.8. The first-order valence-corrected chi connectivity index (χ1v) is 16.4. The van der Waals surface area contributed by atoms with Crippen LogP contribution in [0, 0.1) is 17.8 Å². The third-order valence-corrected chi connectivity index (χ3v) is 10.0. The van der Waals surface area contributed by atoms with E-state index in [1.807, 2.05) is 35.2 Å². The lowest BCUT2D eigenvalue weighted by molar-refractivity contribution is -0.131. The van der Waals surface area contributed by atoms with E-state index < -0.39 is 23.6 Å². The number of rotatable bonds is 9. The molecule has 0 radical (unpaired) electrons. The van der Waals surface area contributed by atoms with E-state index in [0.29, 0.717) is 40.5 Å². The van der Waals surface area contributed by atoms with Gasteiger partial charge in [0.05, 0.1) is 6.61 Å². The lowest BCUT2D eigenvalue weighted by atomic mass is 9.96. The number of nitrogens with zero attached hydrogens (tertiary/aromatic N) is 6. The van der Waals surface area contributed by atoms with Crippen molar-refractivity contribution in [2.24, 2.45) is 5.41 Å². The minimum absolute atomic E-state index is 0.0265. The SMILES string of the molecule is [C-]#[N+]C[C@H]1CN(c2nc(OCC3(CN4CCCC4)CC3)nc3c(F)c(-c4cccc5cccc(Cl)c45)ccc23)CCN1C(=O)C(=C)F. The first kappa shape index (κ1) is 31.3. The van der Waals surface area contributed by atoms with Gasteiger partial charge >= 0.3 is 6.01 Å². The second kappa shape index (κ2) is 12.7. The van der Waals surface area contributed by atoms with Crippen molar-refractivity contribution in [2.75, 3.05) is 57.3 Å². The van der Waals surface area contributed by atoms with Crippen LogP contribution >= 0.6 is 11.6 Å². The smallest absolute Gasteiger partial charge is 0.319 e. The van der Waals surface area contributed by atoms with Crippen molar-refractivity contribution in [1.29, 1.82) is 0 Å². The Morgan fingerprint density at radius 2 is 1.83 bits per heavy atom. The van der Waals surface area contributed by atoms with E-state index >= 15 is 4.39 Å². The fourth-order valence-electron chi connectivity index (χ4n) is 7.05. The fourth-order valence-corrected chi connectivity index (χ4v) is 7.33. The van der Waals surface area contributed by atoms with E-state index in [4.69, 9.17) is 27.9 Å². The highest BCUT2D eigenvalue weighted by molar-refractivity contribution is 6.36. The predicted molar refractivity (Wildman–Crippen MR) is 180 cm³/mol. The Morgan fingerprint density at radius 3 is 2.55 bits per heavy atom. The van der Waals surface area contributed by atoms with Crippen molar-refractivity contribution in [3.8, 4) is 17.1 Å². The second-order valence-electron chi connectivity index (χ2n) is 12.9. The summed E-state index contributed by atoms with van der Waals surface area (Å²) in [5.41, 5.74) is 1.13. The number of carbonyl (C=O) groups is 1. The topological polar surface area (TPSA) is 66.2 Å². The number of aromatic nitrogens is 2. The van der Waals surface area contributed by atoms with Crippen molar-refractivity contribution in [3.63, 3.8) is 0 Å². The molecule has 3 heterocycles. The molecular weight excluding hydrogens is 622 g/mol. The Kier molecular flexibility index (Phi) is 8.45. The quantitative estimate of drug-likeness (QED) is 0.144. The number of piperazine rings is 1. The molecule has 2 aliphatic heterocycles. The van der Waals surface area contributed by atoms with Crippen LogP contribution in [0.5, 0.6) is 6.01 Å². The number of ether oxygens (including phenoxy) is 1. The summed E-state index contributed by atoms with van der Waals surface area (Å²) in [5, 5.41) is 2.63. The Balaban J connectivity index is 1.29. The molecule has 0 unspecified atom stereocenters. The summed E-state index contributed by atoms with van der Waals surface area (Å²) in [6.45, 7) is 14.8. The Labute approximate surface area is 277 Å². The third-order valence-electron chi connectivity index (χ3n) is 9.71. The van der Waals surface area contributed by atoms with Gasteiger partial charge < -0.3 is 24.3 Å². The average molecular weight is 657 g/mol. The van der Waals surface area contributed by atoms with Crippen LogP contribution in [0.2, 0.25) is 5.02 Å². The lowest BCUT2D eigenvalue weighted by Crippen LogP contribution is -2.56. The number of halogens is 3. The third kappa shape index (κ3) is 6.10. The molecule has 4 aromatic rings. The zero-order chi connectivity index (χ0) is 32.7. The highest BCUT2D eigenvalue weighted by Crippen LogP contribution is 2.47. The van der Waals surface area contributed by atoms with Gasteiger partial charge in [0.25, 0.3) is 5.91 Å². The monoisotopic (exact) mass is 656 g/mol. The van der Waals surface area contributed by atoms with Crippen molar-refractivity contribution in [3.05, 3.63) is 83.2 Å². The van der Waals surface area contributed by atoms with Gasteiger partial charge in [0.2, 0.25) is 6.54 Å². The Morgan fingerprint density at radius 1 is 1.06 bits per heavy atom. The molecule has 1 aliphatic carbocycles. The van der Waals surface area contributed by atoms with Crippen LogP contribution in [0.15, 0.2) is 60.9 Å². The number of benzene rings is 3. The Bertz CT molecular complexity index is 1910. The van der Waals surface area contributed by atoms with Gasteiger partial charge in [0.15, 0.2) is 11.6 Å². The van der Waals surface area contributed by atoms with Crippen LogP contribution < -0.4 is 9.64 Å². The summed E-state index contributed by atoms with van der Waals surface area (Å²) in [5.74, 6) is -1.98. The molecule has 1 amide bonds. The van der Waals surface area contributed by atoms with Crippen LogP contribution in [0.3, 0.4) is 0 Å². The van der Waals surface area contributed by atoms with Crippen molar-refractivity contribution < 1.29 is 18.3 Å². The van der Waals surface area contributed by atoms with Gasteiger partial charge in [0, 0.05) is 53.0 Å². The molecule has 3 aromatic carbocycles. The zero-order valence-corrected chi connectivity index (χ0v) is 26.8. The molecule has 0 N–H and O–H groups in total. The first-order chi connectivity index (χ1) is 22.8. The van der Waals surface area contributed by atoms with Gasteiger partial charge in [-0.25, -0.2) is 15.4 Å². The second-order valence-corrected chi connectivity index (χ2v) is 13.3. The van der Waals surface area contributed by atoms with E-state index in [0.717, 1.165) is 43.2 Å². The van der Waals surface area contributed by atoms with E-state index in [1.54, 1.807) is 18.2 Å². The van der Waals surface area contributed by atoms with Gasteiger partial charge in [-0.05, 0) is 61.9 Å². The van der Waals surface area contributed by atoms with E-state index in [-0.39, 0.29) is 36.6 Å². The number of fused-ring (bicyclic) bond motifs is 2. The van der Waals surface area contributed by atoms with Crippen LogP contribution in [-0.2, 0) is 4.79 Å². The fraction of sp³-hybridized carbons (Fsp3) is 0.389. The molecule has 0 spiro atoms. The molecule has 2 saturated heterocycles. The molecule has 3 aliphatic rings. The minimum Gasteiger partial charge on any atom is -0.463 e. The molecular formula is C36H35ClF2N6O2. The summed E-state index contributed by atoms with van der Waals surface area (Å²) >= 11 is 6.62. The zero-order valence-electron chi connectivity index (χ0n) is 26.0.